The van der Waals surface area contributed by atoms with E-state index in [1.165, 1.54) is 12.3 Å². The minimum absolute atomic E-state index is 0.0991. The number of pyridine rings is 1. The Balaban J connectivity index is 2.00. The van der Waals surface area contributed by atoms with Gasteiger partial charge in [0, 0.05) is 23.2 Å². The van der Waals surface area contributed by atoms with Crippen molar-refractivity contribution < 1.29 is 22.8 Å². The molecule has 0 fully saturated rings. The number of hydrogen-bond donors (Lipinski definition) is 2. The van der Waals surface area contributed by atoms with Crippen LogP contribution in [0.1, 0.15) is 22.9 Å². The van der Waals surface area contributed by atoms with Crippen LogP contribution in [0.4, 0.5) is 13.2 Å². The number of nitrogens with one attached hydrogen (secondary N) is 1. The van der Waals surface area contributed by atoms with Crippen LogP contribution in [0.5, 0.6) is 0 Å². The summed E-state index contributed by atoms with van der Waals surface area (Å²) in [7, 11) is 0. The Hall–Kier alpha value is -2.94. The standard InChI is InChI=1S/C17H14F3N3O3/c18-17(19,20)16-22-14(23-26-16)12-6-7-21-15(25)13(12)8-11(9-24)10-4-2-1-3-5-10/h1-7,11,24H,8-9H2,(H,21,25). The summed E-state index contributed by atoms with van der Waals surface area (Å²) in [6, 6.07) is 10.4. The molecule has 1 unspecified atom stereocenters. The normalized spacial score (nSPS) is 12.9. The lowest BCUT2D eigenvalue weighted by molar-refractivity contribution is -0.159. The topological polar surface area (TPSA) is 92.0 Å². The van der Waals surface area contributed by atoms with Gasteiger partial charge in [-0.3, -0.25) is 4.79 Å². The molecule has 6 nitrogen and oxygen atoms in total. The molecule has 9 heteroatoms. The summed E-state index contributed by atoms with van der Waals surface area (Å²) in [6.45, 7) is -0.238. The lowest BCUT2D eigenvalue weighted by Gasteiger charge is -2.15. The summed E-state index contributed by atoms with van der Waals surface area (Å²) in [5.41, 5.74) is 0.607. The third-order valence-electron chi connectivity index (χ3n) is 3.91. The molecule has 3 rings (SSSR count). The van der Waals surface area contributed by atoms with Gasteiger partial charge in [-0.15, -0.1) is 0 Å². The van der Waals surface area contributed by atoms with Crippen LogP contribution in [0, 0.1) is 0 Å². The molecule has 0 bridgehead atoms. The van der Waals surface area contributed by atoms with Gasteiger partial charge < -0.3 is 14.6 Å². The van der Waals surface area contributed by atoms with E-state index >= 15 is 0 Å². The second-order valence-electron chi connectivity index (χ2n) is 5.61. The Morgan fingerprint density at radius 3 is 2.54 bits per heavy atom. The maximum absolute atomic E-state index is 12.7. The molecule has 3 aromatic rings. The Kier molecular flexibility index (Phi) is 4.90. The predicted molar refractivity (Wildman–Crippen MR) is 85.3 cm³/mol. The molecule has 0 amide bonds. The second kappa shape index (κ2) is 7.12. The van der Waals surface area contributed by atoms with Gasteiger partial charge in [0.2, 0.25) is 5.82 Å². The molecule has 0 aliphatic heterocycles. The molecular formula is C17H14F3N3O3. The highest BCUT2D eigenvalue weighted by Gasteiger charge is 2.38. The highest BCUT2D eigenvalue weighted by atomic mass is 19.4. The van der Waals surface area contributed by atoms with E-state index in [4.69, 9.17) is 0 Å². The lowest BCUT2D eigenvalue weighted by atomic mass is 9.91. The van der Waals surface area contributed by atoms with Crippen molar-refractivity contribution in [2.45, 2.75) is 18.5 Å². The van der Waals surface area contributed by atoms with Crippen molar-refractivity contribution in [3.8, 4) is 11.4 Å². The average Bonchev–Trinajstić information content (AvgIpc) is 3.11. The quantitative estimate of drug-likeness (QED) is 0.725. The van der Waals surface area contributed by atoms with Crippen molar-refractivity contribution in [2.24, 2.45) is 0 Å². The van der Waals surface area contributed by atoms with Gasteiger partial charge in [-0.25, -0.2) is 0 Å². The van der Waals surface area contributed by atoms with Gasteiger partial charge in [0.15, 0.2) is 0 Å². The van der Waals surface area contributed by atoms with Gasteiger partial charge in [-0.05, 0) is 18.1 Å². The van der Waals surface area contributed by atoms with Crippen molar-refractivity contribution >= 4 is 0 Å². The molecule has 0 spiro atoms. The summed E-state index contributed by atoms with van der Waals surface area (Å²) < 4.78 is 42.3. The lowest BCUT2D eigenvalue weighted by Crippen LogP contribution is -2.18. The number of nitrogens with zero attached hydrogens (tertiary/aromatic N) is 2. The molecule has 0 saturated heterocycles. The van der Waals surface area contributed by atoms with Gasteiger partial charge in [-0.1, -0.05) is 35.5 Å². The van der Waals surface area contributed by atoms with Gasteiger partial charge in [0.1, 0.15) is 0 Å². The van der Waals surface area contributed by atoms with Crippen molar-refractivity contribution in [2.75, 3.05) is 6.61 Å². The molecular weight excluding hydrogens is 351 g/mol. The predicted octanol–water partition coefficient (Wildman–Crippen LogP) is 2.76. The van der Waals surface area contributed by atoms with Crippen molar-refractivity contribution in [3.63, 3.8) is 0 Å². The molecule has 1 aromatic carbocycles. The fourth-order valence-corrected chi connectivity index (χ4v) is 2.63. The fraction of sp³-hybridized carbons (Fsp3) is 0.235. The van der Waals surface area contributed by atoms with E-state index in [2.05, 4.69) is 19.6 Å². The Bertz CT molecular complexity index is 935. The second-order valence-corrected chi connectivity index (χ2v) is 5.61. The van der Waals surface area contributed by atoms with E-state index in [9.17, 15) is 23.1 Å². The number of alkyl halides is 3. The van der Waals surface area contributed by atoms with Gasteiger partial charge >= 0.3 is 12.1 Å². The molecule has 0 saturated carbocycles. The minimum atomic E-state index is -4.77. The fourth-order valence-electron chi connectivity index (χ4n) is 2.63. The Morgan fingerprint density at radius 1 is 1.19 bits per heavy atom. The number of aromatic amines is 1. The molecule has 0 aliphatic rings. The first-order chi connectivity index (χ1) is 12.4. The molecule has 2 N–H and O–H groups in total. The van der Waals surface area contributed by atoms with E-state index in [1.807, 2.05) is 6.07 Å². The van der Waals surface area contributed by atoms with Gasteiger partial charge in [-0.2, -0.15) is 18.2 Å². The van der Waals surface area contributed by atoms with E-state index in [-0.39, 0.29) is 30.0 Å². The number of benzene rings is 1. The first-order valence-electron chi connectivity index (χ1n) is 7.67. The third-order valence-corrected chi connectivity index (χ3v) is 3.91. The zero-order valence-electron chi connectivity index (χ0n) is 13.3. The van der Waals surface area contributed by atoms with Crippen LogP contribution in [0.2, 0.25) is 0 Å². The smallest absolute Gasteiger partial charge is 0.396 e. The zero-order valence-corrected chi connectivity index (χ0v) is 13.3. The van der Waals surface area contributed by atoms with E-state index in [0.29, 0.717) is 0 Å². The highest BCUT2D eigenvalue weighted by Crippen LogP contribution is 2.30. The number of hydrogen-bond acceptors (Lipinski definition) is 5. The number of aliphatic hydroxyl groups excluding tert-OH is 1. The Labute approximate surface area is 145 Å². The van der Waals surface area contributed by atoms with Crippen LogP contribution in [0.3, 0.4) is 0 Å². The largest absolute Gasteiger partial charge is 0.471 e. The monoisotopic (exact) mass is 365 g/mol. The molecule has 0 radical (unpaired) electrons. The first kappa shape index (κ1) is 17.9. The maximum Gasteiger partial charge on any atom is 0.471 e. The summed E-state index contributed by atoms with van der Waals surface area (Å²) in [4.78, 5) is 18.1. The number of aromatic nitrogens is 3. The van der Waals surface area contributed by atoms with Gasteiger partial charge in [0.25, 0.3) is 5.56 Å². The molecule has 26 heavy (non-hydrogen) atoms. The SMILES string of the molecule is O=c1[nH]ccc(-c2noc(C(F)(F)F)n2)c1CC(CO)c1ccccc1. The van der Waals surface area contributed by atoms with Crippen molar-refractivity contribution in [1.82, 2.24) is 15.1 Å². The summed E-state index contributed by atoms with van der Waals surface area (Å²) >= 11 is 0. The molecule has 2 aromatic heterocycles. The van der Waals surface area contributed by atoms with Crippen LogP contribution in [-0.2, 0) is 12.6 Å². The first-order valence-corrected chi connectivity index (χ1v) is 7.67. The van der Waals surface area contributed by atoms with Crippen LogP contribution in [-0.4, -0.2) is 26.8 Å². The van der Waals surface area contributed by atoms with E-state index < -0.39 is 23.5 Å². The highest BCUT2D eigenvalue weighted by molar-refractivity contribution is 5.59. The number of halogens is 3. The van der Waals surface area contributed by atoms with Crippen LogP contribution >= 0.6 is 0 Å². The maximum atomic E-state index is 12.7. The van der Waals surface area contributed by atoms with Crippen molar-refractivity contribution in [1.29, 1.82) is 0 Å². The zero-order chi connectivity index (χ0) is 18.7. The van der Waals surface area contributed by atoms with Gasteiger partial charge in [0.05, 0.1) is 6.61 Å². The molecule has 1 atom stereocenters. The molecule has 2 heterocycles. The van der Waals surface area contributed by atoms with Crippen LogP contribution < -0.4 is 5.56 Å². The molecule has 0 aliphatic carbocycles. The van der Waals surface area contributed by atoms with Crippen LogP contribution in [0.15, 0.2) is 51.9 Å². The number of aliphatic hydroxyl groups is 1. The number of rotatable bonds is 5. The van der Waals surface area contributed by atoms with E-state index in [0.717, 1.165) is 5.56 Å². The van der Waals surface area contributed by atoms with Crippen molar-refractivity contribution in [3.05, 3.63) is 70.0 Å². The average molecular weight is 365 g/mol. The number of H-pyrrole nitrogens is 1. The van der Waals surface area contributed by atoms with E-state index in [1.54, 1.807) is 24.3 Å². The summed E-state index contributed by atoms with van der Waals surface area (Å²) in [6.07, 6.45) is -3.38. The third kappa shape index (κ3) is 3.67. The summed E-state index contributed by atoms with van der Waals surface area (Å²) in [5.74, 6) is -2.23. The Morgan fingerprint density at radius 2 is 1.92 bits per heavy atom. The van der Waals surface area contributed by atoms with Crippen LogP contribution in [0.25, 0.3) is 11.4 Å². The minimum Gasteiger partial charge on any atom is -0.396 e. The summed E-state index contributed by atoms with van der Waals surface area (Å²) in [5, 5.41) is 13.0. The molecule has 136 valence electrons.